The van der Waals surface area contributed by atoms with Crippen LogP contribution in [-0.2, 0) is 9.53 Å². The Bertz CT molecular complexity index is 1070. The van der Waals surface area contributed by atoms with Crippen molar-refractivity contribution in [1.82, 2.24) is 14.6 Å². The van der Waals surface area contributed by atoms with E-state index >= 15 is 0 Å². The van der Waals surface area contributed by atoms with Gasteiger partial charge in [-0.1, -0.05) is 30.3 Å². The molecule has 0 bridgehead atoms. The topological polar surface area (TPSA) is 138 Å². The smallest absolute Gasteiger partial charge is 0.306 e. The molecule has 3 aromatic rings. The van der Waals surface area contributed by atoms with Crippen LogP contribution >= 0.6 is 0 Å². The molecule has 0 saturated heterocycles. The fourth-order valence-electron chi connectivity index (χ4n) is 3.11. The van der Waals surface area contributed by atoms with Crippen molar-refractivity contribution in [3.8, 4) is 0 Å². The Morgan fingerprint density at radius 1 is 1.23 bits per heavy atom. The number of nitrogens with zero attached hydrogens (tertiary/aromatic N) is 3. The van der Waals surface area contributed by atoms with Crippen molar-refractivity contribution in [2.45, 2.75) is 45.3 Å². The number of fused-ring (bicyclic) bond motifs is 1. The Morgan fingerprint density at radius 3 is 2.58 bits per heavy atom. The van der Waals surface area contributed by atoms with E-state index < -0.39 is 5.60 Å². The van der Waals surface area contributed by atoms with Crippen LogP contribution in [0.15, 0.2) is 42.6 Å². The SMILES string of the molecule is CC(C)(C)OC(=O)CC[C@@H](CN)Nc1cc(N)n2ncc(C(=O)c3ccccc3)c2n1. The first kappa shape index (κ1) is 22.2. The maximum atomic E-state index is 12.9. The fraction of sp³-hybridized carbons (Fsp3) is 0.364. The van der Waals surface area contributed by atoms with E-state index in [0.29, 0.717) is 34.8 Å². The number of ketones is 1. The molecule has 0 aliphatic carbocycles. The zero-order valence-electron chi connectivity index (χ0n) is 18.0. The van der Waals surface area contributed by atoms with Gasteiger partial charge in [-0.05, 0) is 27.2 Å². The number of nitrogen functional groups attached to an aromatic ring is 1. The summed E-state index contributed by atoms with van der Waals surface area (Å²) in [6.07, 6.45) is 2.14. The minimum Gasteiger partial charge on any atom is -0.460 e. The van der Waals surface area contributed by atoms with Gasteiger partial charge < -0.3 is 21.5 Å². The van der Waals surface area contributed by atoms with Crippen LogP contribution in [0, 0.1) is 0 Å². The summed E-state index contributed by atoms with van der Waals surface area (Å²) in [5.74, 6) is 0.289. The third-order valence-corrected chi connectivity index (χ3v) is 4.53. The third-order valence-electron chi connectivity index (χ3n) is 4.53. The number of hydrogen-bond donors (Lipinski definition) is 3. The predicted octanol–water partition coefficient (Wildman–Crippen LogP) is 2.40. The summed E-state index contributed by atoms with van der Waals surface area (Å²) in [6, 6.07) is 10.3. The van der Waals surface area contributed by atoms with Gasteiger partial charge in [0.15, 0.2) is 11.4 Å². The molecule has 0 spiro atoms. The molecule has 1 aromatic carbocycles. The molecule has 164 valence electrons. The van der Waals surface area contributed by atoms with E-state index in [0.717, 1.165) is 0 Å². The number of aromatic nitrogens is 3. The monoisotopic (exact) mass is 424 g/mol. The lowest BCUT2D eigenvalue weighted by Crippen LogP contribution is -2.31. The summed E-state index contributed by atoms with van der Waals surface area (Å²) in [5, 5.41) is 7.39. The summed E-state index contributed by atoms with van der Waals surface area (Å²) in [4.78, 5) is 29.4. The highest BCUT2D eigenvalue weighted by Gasteiger charge is 2.20. The molecule has 0 aliphatic rings. The van der Waals surface area contributed by atoms with Crippen LogP contribution in [0.5, 0.6) is 0 Å². The van der Waals surface area contributed by atoms with E-state index in [1.165, 1.54) is 10.7 Å². The van der Waals surface area contributed by atoms with Gasteiger partial charge in [0.25, 0.3) is 0 Å². The summed E-state index contributed by atoms with van der Waals surface area (Å²) in [5.41, 5.74) is 12.7. The molecule has 0 aliphatic heterocycles. The lowest BCUT2D eigenvalue weighted by Gasteiger charge is -2.21. The Morgan fingerprint density at radius 2 is 1.94 bits per heavy atom. The molecule has 31 heavy (non-hydrogen) atoms. The number of benzene rings is 1. The number of hydrogen-bond acceptors (Lipinski definition) is 8. The fourth-order valence-corrected chi connectivity index (χ4v) is 3.11. The zero-order chi connectivity index (χ0) is 22.6. The molecule has 1 atom stereocenters. The van der Waals surface area contributed by atoms with Gasteiger partial charge in [0.05, 0.1) is 11.8 Å². The Balaban J connectivity index is 1.79. The van der Waals surface area contributed by atoms with E-state index in [9.17, 15) is 9.59 Å². The van der Waals surface area contributed by atoms with Gasteiger partial charge in [0.2, 0.25) is 0 Å². The molecule has 0 saturated carbocycles. The molecule has 0 radical (unpaired) electrons. The van der Waals surface area contributed by atoms with Crippen molar-refractivity contribution in [2.24, 2.45) is 5.73 Å². The minimum atomic E-state index is -0.534. The largest absolute Gasteiger partial charge is 0.460 e. The maximum Gasteiger partial charge on any atom is 0.306 e. The van der Waals surface area contributed by atoms with Crippen LogP contribution in [0.3, 0.4) is 0 Å². The van der Waals surface area contributed by atoms with Gasteiger partial charge in [0, 0.05) is 30.6 Å². The molecule has 2 aromatic heterocycles. The van der Waals surface area contributed by atoms with Crippen molar-refractivity contribution < 1.29 is 14.3 Å². The van der Waals surface area contributed by atoms with Gasteiger partial charge >= 0.3 is 5.97 Å². The average Bonchev–Trinajstić information content (AvgIpc) is 3.14. The van der Waals surface area contributed by atoms with Gasteiger partial charge in [-0.25, -0.2) is 4.98 Å². The minimum absolute atomic E-state index is 0.194. The number of esters is 1. The molecule has 0 fully saturated rings. The molecule has 9 heteroatoms. The summed E-state index contributed by atoms with van der Waals surface area (Å²) in [6.45, 7) is 5.76. The second-order valence-corrected chi connectivity index (χ2v) is 8.26. The van der Waals surface area contributed by atoms with Crippen LogP contribution in [0.1, 0.15) is 49.5 Å². The predicted molar refractivity (Wildman–Crippen MR) is 119 cm³/mol. The number of rotatable bonds is 8. The van der Waals surface area contributed by atoms with E-state index in [1.807, 2.05) is 26.8 Å². The second-order valence-electron chi connectivity index (χ2n) is 8.26. The quantitative estimate of drug-likeness (QED) is 0.370. The number of nitrogens with two attached hydrogens (primary N) is 2. The molecule has 5 N–H and O–H groups in total. The Hall–Kier alpha value is -3.46. The van der Waals surface area contributed by atoms with Crippen molar-refractivity contribution in [3.05, 3.63) is 53.7 Å². The van der Waals surface area contributed by atoms with E-state index in [1.54, 1.807) is 30.3 Å². The number of anilines is 2. The summed E-state index contributed by atoms with van der Waals surface area (Å²) >= 11 is 0. The molecule has 0 unspecified atom stereocenters. The lowest BCUT2D eigenvalue weighted by atomic mass is 10.1. The first-order valence-electron chi connectivity index (χ1n) is 10.1. The van der Waals surface area contributed by atoms with Crippen LogP contribution < -0.4 is 16.8 Å². The maximum absolute atomic E-state index is 12.9. The van der Waals surface area contributed by atoms with Gasteiger partial charge in [-0.3, -0.25) is 9.59 Å². The zero-order valence-corrected chi connectivity index (χ0v) is 18.0. The van der Waals surface area contributed by atoms with Gasteiger partial charge in [0.1, 0.15) is 17.2 Å². The highest BCUT2D eigenvalue weighted by Crippen LogP contribution is 2.20. The number of carbonyl (C=O) groups excluding carboxylic acids is 2. The molecular weight excluding hydrogens is 396 g/mol. The second kappa shape index (κ2) is 9.13. The third kappa shape index (κ3) is 5.58. The van der Waals surface area contributed by atoms with Gasteiger partial charge in [-0.15, -0.1) is 0 Å². The molecule has 9 nitrogen and oxygen atoms in total. The normalized spacial score (nSPS) is 12.5. The first-order valence-corrected chi connectivity index (χ1v) is 10.1. The number of ether oxygens (including phenoxy) is 1. The standard InChI is InChI=1S/C22H28N6O3/c1-22(2,3)31-19(29)10-9-15(12-23)26-18-11-17(24)28-21(27-18)16(13-25-28)20(30)14-7-5-4-6-8-14/h4-8,11,13,15H,9-10,12,23-24H2,1-3H3,(H,26,27)/t15-/m0/s1. The van der Waals surface area contributed by atoms with Crippen molar-refractivity contribution in [1.29, 1.82) is 0 Å². The van der Waals surface area contributed by atoms with Crippen molar-refractivity contribution >= 4 is 29.0 Å². The number of carbonyl (C=O) groups is 2. The van der Waals surface area contributed by atoms with Crippen LogP contribution in [0.25, 0.3) is 5.65 Å². The molecular formula is C22H28N6O3. The van der Waals surface area contributed by atoms with Crippen LogP contribution in [-0.4, -0.2) is 44.5 Å². The average molecular weight is 425 g/mol. The van der Waals surface area contributed by atoms with Crippen molar-refractivity contribution in [3.63, 3.8) is 0 Å². The van der Waals surface area contributed by atoms with Crippen LogP contribution in [0.4, 0.5) is 11.6 Å². The van der Waals surface area contributed by atoms with E-state index in [4.69, 9.17) is 16.2 Å². The lowest BCUT2D eigenvalue weighted by molar-refractivity contribution is -0.154. The highest BCUT2D eigenvalue weighted by molar-refractivity contribution is 6.12. The molecule has 2 heterocycles. The van der Waals surface area contributed by atoms with Crippen molar-refractivity contribution in [2.75, 3.05) is 17.6 Å². The Labute approximate surface area is 180 Å². The summed E-state index contributed by atoms with van der Waals surface area (Å²) in [7, 11) is 0. The summed E-state index contributed by atoms with van der Waals surface area (Å²) < 4.78 is 6.76. The Kier molecular flexibility index (Phi) is 6.55. The van der Waals surface area contributed by atoms with Gasteiger partial charge in [-0.2, -0.15) is 9.61 Å². The molecule has 0 amide bonds. The number of nitrogens with one attached hydrogen (secondary N) is 1. The highest BCUT2D eigenvalue weighted by atomic mass is 16.6. The van der Waals surface area contributed by atoms with Crippen LogP contribution in [0.2, 0.25) is 0 Å². The molecule has 3 rings (SSSR count). The van der Waals surface area contributed by atoms with E-state index in [2.05, 4.69) is 15.4 Å². The van der Waals surface area contributed by atoms with E-state index in [-0.39, 0.29) is 30.8 Å². The first-order chi connectivity index (χ1) is 14.7.